The quantitative estimate of drug-likeness (QED) is 0.571. The molecule has 26 heavy (non-hydrogen) atoms. The lowest BCUT2D eigenvalue weighted by molar-refractivity contribution is -0.140. The lowest BCUT2D eigenvalue weighted by Crippen LogP contribution is -2.34. The van der Waals surface area contributed by atoms with E-state index in [1.807, 2.05) is 18.2 Å². The number of para-hydroxylation sites is 1. The van der Waals surface area contributed by atoms with Gasteiger partial charge >= 0.3 is 5.97 Å². The van der Waals surface area contributed by atoms with E-state index in [9.17, 15) is 14.4 Å². The minimum Gasteiger partial charge on any atom is -0.469 e. The minimum absolute atomic E-state index is 0.0181. The third-order valence-corrected chi connectivity index (χ3v) is 4.95. The van der Waals surface area contributed by atoms with Gasteiger partial charge in [0.15, 0.2) is 0 Å². The Bertz CT molecular complexity index is 659. The van der Waals surface area contributed by atoms with Gasteiger partial charge in [0.05, 0.1) is 13.0 Å². The minimum atomic E-state index is -0.356. The van der Waals surface area contributed by atoms with E-state index in [0.717, 1.165) is 17.7 Å². The number of hydrogen-bond donors (Lipinski definition) is 1. The molecule has 2 rings (SSSR count). The summed E-state index contributed by atoms with van der Waals surface area (Å²) < 4.78 is 4.57. The van der Waals surface area contributed by atoms with Crippen LogP contribution in [0.2, 0.25) is 0 Å². The number of anilines is 1. The molecule has 142 valence electrons. The van der Waals surface area contributed by atoms with E-state index in [1.54, 1.807) is 4.90 Å². The molecule has 1 aromatic carbocycles. The molecule has 1 aliphatic rings. The van der Waals surface area contributed by atoms with E-state index < -0.39 is 0 Å². The van der Waals surface area contributed by atoms with Gasteiger partial charge in [0.2, 0.25) is 11.8 Å². The molecule has 0 unspecified atom stereocenters. The molecule has 0 saturated carbocycles. The molecular formula is C20H28N2O4. The van der Waals surface area contributed by atoms with E-state index in [4.69, 9.17) is 0 Å². The van der Waals surface area contributed by atoms with Crippen LogP contribution in [0.25, 0.3) is 0 Å². The maximum atomic E-state index is 12.5. The maximum absolute atomic E-state index is 12.5. The molecule has 1 aliphatic heterocycles. The van der Waals surface area contributed by atoms with Crippen molar-refractivity contribution in [2.24, 2.45) is 5.92 Å². The molecule has 0 bridgehead atoms. The molecule has 1 saturated heterocycles. The second-order valence-electron chi connectivity index (χ2n) is 6.74. The van der Waals surface area contributed by atoms with Crippen molar-refractivity contribution in [2.75, 3.05) is 25.1 Å². The number of nitrogens with one attached hydrogen (secondary N) is 1. The van der Waals surface area contributed by atoms with Crippen LogP contribution in [0.4, 0.5) is 5.69 Å². The first-order chi connectivity index (χ1) is 12.5. The van der Waals surface area contributed by atoms with Crippen molar-refractivity contribution in [1.29, 1.82) is 0 Å². The van der Waals surface area contributed by atoms with Crippen molar-refractivity contribution in [2.45, 2.75) is 45.4 Å². The van der Waals surface area contributed by atoms with E-state index in [0.29, 0.717) is 25.4 Å². The van der Waals surface area contributed by atoms with Crippen LogP contribution in [0.5, 0.6) is 0 Å². The van der Waals surface area contributed by atoms with E-state index in [1.165, 1.54) is 7.11 Å². The normalized spacial score (nSPS) is 17.9. The fourth-order valence-corrected chi connectivity index (χ4v) is 3.18. The van der Waals surface area contributed by atoms with Gasteiger partial charge < -0.3 is 15.0 Å². The van der Waals surface area contributed by atoms with Crippen LogP contribution < -0.4 is 10.2 Å². The van der Waals surface area contributed by atoms with Gasteiger partial charge in [-0.05, 0) is 30.4 Å². The van der Waals surface area contributed by atoms with Gasteiger partial charge in [-0.2, -0.15) is 0 Å². The number of rotatable bonds is 8. The number of hydrogen-bond acceptors (Lipinski definition) is 4. The Hall–Kier alpha value is -2.37. The molecule has 1 fully saturated rings. The van der Waals surface area contributed by atoms with Gasteiger partial charge in [-0.15, -0.1) is 0 Å². The Morgan fingerprint density at radius 2 is 2.08 bits per heavy atom. The molecule has 6 heteroatoms. The maximum Gasteiger partial charge on any atom is 0.305 e. The Morgan fingerprint density at radius 3 is 2.77 bits per heavy atom. The summed E-state index contributed by atoms with van der Waals surface area (Å²) in [5.74, 6) is -0.443. The van der Waals surface area contributed by atoms with Crippen LogP contribution in [-0.2, 0) is 19.1 Å². The summed E-state index contributed by atoms with van der Waals surface area (Å²) in [4.78, 5) is 37.7. The van der Waals surface area contributed by atoms with Crippen molar-refractivity contribution < 1.29 is 19.1 Å². The van der Waals surface area contributed by atoms with Crippen LogP contribution in [0.15, 0.2) is 24.3 Å². The summed E-state index contributed by atoms with van der Waals surface area (Å²) in [6, 6.07) is 7.92. The Morgan fingerprint density at radius 1 is 1.35 bits per heavy atom. The number of nitrogens with zero attached hydrogens (tertiary/aromatic N) is 1. The molecule has 0 radical (unpaired) electrons. The number of carbonyl (C=O) groups is 3. The molecule has 1 N–H and O–H groups in total. The second-order valence-corrected chi connectivity index (χ2v) is 6.74. The molecule has 1 heterocycles. The third-order valence-electron chi connectivity index (χ3n) is 4.95. The molecular weight excluding hydrogens is 332 g/mol. The molecule has 6 nitrogen and oxygen atoms in total. The highest BCUT2D eigenvalue weighted by atomic mass is 16.5. The first-order valence-electron chi connectivity index (χ1n) is 9.21. The summed E-state index contributed by atoms with van der Waals surface area (Å²) >= 11 is 0. The van der Waals surface area contributed by atoms with Crippen LogP contribution in [-0.4, -0.2) is 38.0 Å². The number of amides is 2. The zero-order valence-corrected chi connectivity index (χ0v) is 15.8. The summed E-state index contributed by atoms with van der Waals surface area (Å²) in [6.45, 7) is 5.07. The zero-order chi connectivity index (χ0) is 19.1. The average Bonchev–Trinajstić information content (AvgIpc) is 3.05. The highest BCUT2D eigenvalue weighted by Crippen LogP contribution is 2.33. The third kappa shape index (κ3) is 4.84. The number of ether oxygens (including phenoxy) is 1. The van der Waals surface area contributed by atoms with E-state index in [2.05, 4.69) is 30.0 Å². The van der Waals surface area contributed by atoms with Gasteiger partial charge in [-0.25, -0.2) is 0 Å². The predicted molar refractivity (Wildman–Crippen MR) is 99.9 cm³/mol. The van der Waals surface area contributed by atoms with Crippen LogP contribution in [0, 0.1) is 5.92 Å². The highest BCUT2D eigenvalue weighted by molar-refractivity contribution is 6.00. The van der Waals surface area contributed by atoms with Crippen molar-refractivity contribution in [3.8, 4) is 0 Å². The van der Waals surface area contributed by atoms with Gasteiger partial charge in [-0.3, -0.25) is 14.4 Å². The Balaban J connectivity index is 1.96. The van der Waals surface area contributed by atoms with Crippen LogP contribution in [0.3, 0.4) is 0 Å². The summed E-state index contributed by atoms with van der Waals surface area (Å²) in [5, 5.41) is 2.82. The topological polar surface area (TPSA) is 75.7 Å². The Labute approximate surface area is 154 Å². The van der Waals surface area contributed by atoms with Gasteiger partial charge in [0.25, 0.3) is 0 Å². The fraction of sp³-hybridized carbons (Fsp3) is 0.550. The largest absolute Gasteiger partial charge is 0.469 e. The van der Waals surface area contributed by atoms with Crippen LogP contribution in [0.1, 0.15) is 51.0 Å². The summed E-state index contributed by atoms with van der Waals surface area (Å²) in [5.41, 5.74) is 2.05. The van der Waals surface area contributed by atoms with E-state index in [-0.39, 0.29) is 36.5 Å². The van der Waals surface area contributed by atoms with Crippen LogP contribution >= 0.6 is 0 Å². The van der Waals surface area contributed by atoms with Crippen molar-refractivity contribution in [1.82, 2.24) is 5.32 Å². The highest BCUT2D eigenvalue weighted by Gasteiger charge is 2.36. The van der Waals surface area contributed by atoms with Crippen molar-refractivity contribution in [3.63, 3.8) is 0 Å². The zero-order valence-electron chi connectivity index (χ0n) is 15.8. The summed E-state index contributed by atoms with van der Waals surface area (Å²) in [7, 11) is 1.34. The molecule has 0 aromatic heterocycles. The second kappa shape index (κ2) is 9.36. The first kappa shape index (κ1) is 19.9. The predicted octanol–water partition coefficient (Wildman–Crippen LogP) is 2.62. The molecule has 0 spiro atoms. The first-order valence-corrected chi connectivity index (χ1v) is 9.21. The van der Waals surface area contributed by atoms with Crippen molar-refractivity contribution >= 4 is 23.5 Å². The van der Waals surface area contributed by atoms with Gasteiger partial charge in [0, 0.05) is 31.6 Å². The van der Waals surface area contributed by atoms with Gasteiger partial charge in [-0.1, -0.05) is 32.0 Å². The molecule has 1 aromatic rings. The molecule has 0 aliphatic carbocycles. The number of carbonyl (C=O) groups excluding carboxylic acids is 3. The SMILES string of the molecule is CC[C@@H](C)c1ccccc1N1C[C@H](C(=O)NCCCC(=O)OC)CC1=O. The van der Waals surface area contributed by atoms with Gasteiger partial charge in [0.1, 0.15) is 0 Å². The lowest BCUT2D eigenvalue weighted by atomic mass is 9.96. The number of benzene rings is 1. The fourth-order valence-electron chi connectivity index (χ4n) is 3.18. The lowest BCUT2D eigenvalue weighted by Gasteiger charge is -2.23. The molecule has 2 atom stereocenters. The van der Waals surface area contributed by atoms with E-state index >= 15 is 0 Å². The standard InChI is InChI=1S/C20H28N2O4/c1-4-14(2)16-8-5-6-9-17(16)22-13-15(12-18(22)23)20(25)21-11-7-10-19(24)26-3/h5-6,8-9,14-15H,4,7,10-13H2,1-3H3,(H,21,25)/t14-,15-/m1/s1. The molecule has 2 amide bonds. The number of methoxy groups -OCH3 is 1. The average molecular weight is 360 g/mol. The summed E-state index contributed by atoms with van der Waals surface area (Å²) in [6.07, 6.45) is 2.01. The monoisotopic (exact) mass is 360 g/mol. The number of esters is 1. The Kier molecular flexibility index (Phi) is 7.18. The smallest absolute Gasteiger partial charge is 0.305 e. The van der Waals surface area contributed by atoms with Crippen molar-refractivity contribution in [3.05, 3.63) is 29.8 Å².